The molecule has 29 heavy (non-hydrogen) atoms. The first-order valence-corrected chi connectivity index (χ1v) is 10.00. The molecule has 7 nitrogen and oxygen atoms in total. The fourth-order valence-electron chi connectivity index (χ4n) is 2.63. The number of hydrogen-bond donors (Lipinski definition) is 1. The van der Waals surface area contributed by atoms with E-state index in [2.05, 4.69) is 31.8 Å². The molecule has 1 amide bonds. The smallest absolute Gasteiger partial charge is 0.248 e. The predicted molar refractivity (Wildman–Crippen MR) is 112 cm³/mol. The lowest BCUT2D eigenvalue weighted by molar-refractivity contribution is -0.117. The molecule has 144 valence electrons. The molecule has 4 rings (SSSR count). The molecular formula is C21H18N6OS. The van der Waals surface area contributed by atoms with Gasteiger partial charge >= 0.3 is 0 Å². The maximum Gasteiger partial charge on any atom is 0.248 e. The first-order valence-electron chi connectivity index (χ1n) is 9.01. The summed E-state index contributed by atoms with van der Waals surface area (Å²) in [5.41, 5.74) is 2.76. The average molecular weight is 402 g/mol. The average Bonchev–Trinajstić information content (AvgIpc) is 3.23. The number of nitrogens with one attached hydrogen (secondary N) is 1. The van der Waals surface area contributed by atoms with E-state index in [-0.39, 0.29) is 12.5 Å². The van der Waals surface area contributed by atoms with Crippen molar-refractivity contribution >= 4 is 23.4 Å². The van der Waals surface area contributed by atoms with Crippen molar-refractivity contribution in [3.8, 4) is 11.4 Å². The summed E-state index contributed by atoms with van der Waals surface area (Å²) in [4.78, 5) is 18.8. The van der Waals surface area contributed by atoms with Crippen LogP contribution in [0.3, 0.4) is 0 Å². The number of anilines is 1. The lowest BCUT2D eigenvalue weighted by atomic mass is 10.2. The Morgan fingerprint density at radius 3 is 2.59 bits per heavy atom. The monoisotopic (exact) mass is 402 g/mol. The number of tetrazole rings is 1. The number of thioether (sulfide) groups is 1. The van der Waals surface area contributed by atoms with E-state index in [1.807, 2.05) is 66.9 Å². The van der Waals surface area contributed by atoms with Gasteiger partial charge in [-0.15, -0.1) is 22.0 Å². The Morgan fingerprint density at radius 1 is 1.00 bits per heavy atom. The Hall–Kier alpha value is -3.52. The van der Waals surface area contributed by atoms with Crippen LogP contribution in [0, 0.1) is 0 Å². The number of hydrogen-bond acceptors (Lipinski definition) is 6. The molecule has 0 aliphatic heterocycles. The summed E-state index contributed by atoms with van der Waals surface area (Å²) in [6, 6.07) is 21.2. The third-order valence-electron chi connectivity index (χ3n) is 4.04. The zero-order valence-electron chi connectivity index (χ0n) is 15.5. The molecule has 0 aliphatic rings. The quantitative estimate of drug-likeness (QED) is 0.475. The highest BCUT2D eigenvalue weighted by molar-refractivity contribution is 7.98. The van der Waals surface area contributed by atoms with Crippen LogP contribution in [0.4, 0.5) is 5.69 Å². The summed E-state index contributed by atoms with van der Waals surface area (Å²) in [5.74, 6) is 1.13. The summed E-state index contributed by atoms with van der Waals surface area (Å²) >= 11 is 1.72. The number of rotatable bonds is 7. The van der Waals surface area contributed by atoms with Gasteiger partial charge < -0.3 is 5.32 Å². The molecule has 0 aliphatic carbocycles. The van der Waals surface area contributed by atoms with Gasteiger partial charge in [-0.1, -0.05) is 36.4 Å². The molecule has 2 heterocycles. The van der Waals surface area contributed by atoms with E-state index in [0.29, 0.717) is 5.82 Å². The van der Waals surface area contributed by atoms with E-state index >= 15 is 0 Å². The van der Waals surface area contributed by atoms with Gasteiger partial charge in [-0.3, -0.25) is 9.78 Å². The Kier molecular flexibility index (Phi) is 5.92. The van der Waals surface area contributed by atoms with Gasteiger partial charge in [-0.2, -0.15) is 4.80 Å². The van der Waals surface area contributed by atoms with E-state index in [0.717, 1.165) is 21.9 Å². The highest BCUT2D eigenvalue weighted by Crippen LogP contribution is 2.24. The van der Waals surface area contributed by atoms with Crippen LogP contribution in [0.5, 0.6) is 0 Å². The van der Waals surface area contributed by atoms with Crippen LogP contribution < -0.4 is 5.32 Å². The Labute approximate surface area is 172 Å². The van der Waals surface area contributed by atoms with Gasteiger partial charge in [-0.05, 0) is 41.1 Å². The SMILES string of the molecule is O=C(Cn1nnc(-c2ccccc2)n1)Nc1ccc(SCc2cccnc2)cc1. The molecule has 0 saturated heterocycles. The Balaban J connectivity index is 1.30. The van der Waals surface area contributed by atoms with Crippen molar-refractivity contribution in [3.63, 3.8) is 0 Å². The maximum absolute atomic E-state index is 12.3. The number of carbonyl (C=O) groups excluding carboxylic acids is 1. The minimum absolute atomic E-state index is 0.00264. The molecule has 0 saturated carbocycles. The van der Waals surface area contributed by atoms with E-state index in [1.165, 1.54) is 10.4 Å². The van der Waals surface area contributed by atoms with Gasteiger partial charge in [0.05, 0.1) is 0 Å². The van der Waals surface area contributed by atoms with Crippen LogP contribution in [0.25, 0.3) is 11.4 Å². The fraction of sp³-hybridized carbons (Fsp3) is 0.0952. The number of carbonyl (C=O) groups is 1. The molecule has 8 heteroatoms. The number of nitrogens with zero attached hydrogens (tertiary/aromatic N) is 5. The van der Waals surface area contributed by atoms with Gasteiger partial charge in [0.15, 0.2) is 0 Å². The van der Waals surface area contributed by atoms with Crippen LogP contribution in [0.2, 0.25) is 0 Å². The fourth-order valence-corrected chi connectivity index (χ4v) is 3.46. The van der Waals surface area contributed by atoms with Crippen LogP contribution >= 0.6 is 11.8 Å². The van der Waals surface area contributed by atoms with E-state index in [4.69, 9.17) is 0 Å². The Morgan fingerprint density at radius 2 is 1.83 bits per heavy atom. The minimum Gasteiger partial charge on any atom is -0.324 e. The summed E-state index contributed by atoms with van der Waals surface area (Å²) in [6.45, 7) is -0.00264. The molecule has 0 fully saturated rings. The van der Waals surface area contributed by atoms with E-state index < -0.39 is 0 Å². The van der Waals surface area contributed by atoms with Gasteiger partial charge in [0.1, 0.15) is 6.54 Å². The molecule has 0 unspecified atom stereocenters. The summed E-state index contributed by atoms with van der Waals surface area (Å²) < 4.78 is 0. The number of benzene rings is 2. The molecule has 4 aromatic rings. The molecule has 0 spiro atoms. The van der Waals surface area contributed by atoms with Crippen molar-refractivity contribution in [1.82, 2.24) is 25.2 Å². The van der Waals surface area contributed by atoms with E-state index in [1.54, 1.807) is 18.0 Å². The molecule has 2 aromatic heterocycles. The first kappa shape index (κ1) is 18.8. The van der Waals surface area contributed by atoms with Crippen LogP contribution in [-0.2, 0) is 17.1 Å². The third kappa shape index (κ3) is 5.26. The van der Waals surface area contributed by atoms with Crippen molar-refractivity contribution in [2.75, 3.05) is 5.32 Å². The maximum atomic E-state index is 12.3. The topological polar surface area (TPSA) is 85.6 Å². The summed E-state index contributed by atoms with van der Waals surface area (Å²) in [7, 11) is 0. The number of amides is 1. The first-order chi connectivity index (χ1) is 14.3. The predicted octanol–water partition coefficient (Wildman–Crippen LogP) is 3.67. The highest BCUT2D eigenvalue weighted by Gasteiger charge is 2.09. The van der Waals surface area contributed by atoms with Gasteiger partial charge in [0, 0.05) is 34.3 Å². The van der Waals surface area contributed by atoms with Gasteiger partial charge in [-0.25, -0.2) is 0 Å². The normalized spacial score (nSPS) is 10.6. The third-order valence-corrected chi connectivity index (χ3v) is 5.12. The molecule has 1 N–H and O–H groups in total. The van der Waals surface area contributed by atoms with Crippen molar-refractivity contribution in [3.05, 3.63) is 84.7 Å². The second-order valence-corrected chi connectivity index (χ2v) is 7.28. The highest BCUT2D eigenvalue weighted by atomic mass is 32.2. The molecule has 0 radical (unpaired) electrons. The van der Waals surface area contributed by atoms with Crippen LogP contribution in [0.1, 0.15) is 5.56 Å². The van der Waals surface area contributed by atoms with Crippen LogP contribution in [-0.4, -0.2) is 31.1 Å². The molecule has 2 aromatic carbocycles. The van der Waals surface area contributed by atoms with Crippen molar-refractivity contribution in [1.29, 1.82) is 0 Å². The standard InChI is InChI=1S/C21H18N6OS/c28-20(14-27-25-21(24-26-27)17-6-2-1-3-7-17)23-18-8-10-19(11-9-18)29-15-16-5-4-12-22-13-16/h1-13H,14-15H2,(H,23,28). The molecule has 0 bridgehead atoms. The minimum atomic E-state index is -0.210. The number of aromatic nitrogens is 5. The van der Waals surface area contributed by atoms with Crippen molar-refractivity contribution in [2.24, 2.45) is 0 Å². The van der Waals surface area contributed by atoms with Gasteiger partial charge in [0.2, 0.25) is 11.7 Å². The van der Waals surface area contributed by atoms with Gasteiger partial charge in [0.25, 0.3) is 0 Å². The second kappa shape index (κ2) is 9.11. The van der Waals surface area contributed by atoms with Crippen molar-refractivity contribution < 1.29 is 4.79 Å². The van der Waals surface area contributed by atoms with E-state index in [9.17, 15) is 4.79 Å². The lowest BCUT2D eigenvalue weighted by Crippen LogP contribution is -2.20. The lowest BCUT2D eigenvalue weighted by Gasteiger charge is -2.06. The number of pyridine rings is 1. The largest absolute Gasteiger partial charge is 0.324 e. The molecule has 0 atom stereocenters. The summed E-state index contributed by atoms with van der Waals surface area (Å²) in [5, 5.41) is 15.1. The van der Waals surface area contributed by atoms with Crippen molar-refractivity contribution in [2.45, 2.75) is 17.2 Å². The van der Waals surface area contributed by atoms with Crippen LogP contribution in [0.15, 0.2) is 84.0 Å². The zero-order valence-corrected chi connectivity index (χ0v) is 16.3. The Bertz CT molecular complexity index is 1070. The zero-order chi connectivity index (χ0) is 19.9. The summed E-state index contributed by atoms with van der Waals surface area (Å²) in [6.07, 6.45) is 3.63. The molecular weight excluding hydrogens is 384 g/mol. The second-order valence-electron chi connectivity index (χ2n) is 6.23.